The third-order valence-electron chi connectivity index (χ3n) is 1.61. The zero-order valence-corrected chi connectivity index (χ0v) is 13.7. The van der Waals surface area contributed by atoms with Crippen LogP contribution >= 0.6 is 62.3 Å². The molecule has 0 aliphatic heterocycles. The van der Waals surface area contributed by atoms with Gasteiger partial charge in [-0.25, -0.2) is 0 Å². The van der Waals surface area contributed by atoms with Crippen LogP contribution < -0.4 is 0 Å². The molecule has 0 bridgehead atoms. The smallest absolute Gasteiger partial charge is 0.265 e. The Labute approximate surface area is 132 Å². The molecule has 100 valence electrons. The summed E-state index contributed by atoms with van der Waals surface area (Å²) in [6.45, 7) is 0. The summed E-state index contributed by atoms with van der Waals surface area (Å²) < 4.78 is 24.8. The maximum Gasteiger partial charge on any atom is 0.360 e. The average molecular weight is 416 g/mol. The molecule has 0 N–H and O–H groups in total. The van der Waals surface area contributed by atoms with Gasteiger partial charge in [-0.05, 0) is 28.1 Å². The number of halogens is 5. The van der Waals surface area contributed by atoms with Gasteiger partial charge in [-0.3, -0.25) is 4.28 Å². The minimum Gasteiger partial charge on any atom is -0.265 e. The van der Waals surface area contributed by atoms with Gasteiger partial charge in [-0.1, -0.05) is 57.6 Å². The monoisotopic (exact) mass is 413 g/mol. The van der Waals surface area contributed by atoms with Crippen LogP contribution in [-0.2, 0) is 14.4 Å². The van der Waals surface area contributed by atoms with Crippen LogP contribution in [0, 0.1) is 0 Å². The van der Waals surface area contributed by atoms with Gasteiger partial charge in [0.1, 0.15) is 0 Å². The van der Waals surface area contributed by atoms with Crippen molar-refractivity contribution in [1.29, 1.82) is 0 Å². The molecule has 18 heavy (non-hydrogen) atoms. The first kappa shape index (κ1) is 16.3. The van der Waals surface area contributed by atoms with Gasteiger partial charge in [0.15, 0.2) is 4.62 Å². The molecule has 0 fully saturated rings. The Morgan fingerprint density at radius 2 is 1.78 bits per heavy atom. The predicted octanol–water partition coefficient (Wildman–Crippen LogP) is 4.16. The van der Waals surface area contributed by atoms with Crippen LogP contribution in [0.2, 0.25) is 10.0 Å². The minimum absolute atomic E-state index is 0.00402. The van der Waals surface area contributed by atoms with E-state index in [4.69, 9.17) is 46.4 Å². The van der Waals surface area contributed by atoms with Gasteiger partial charge in [-0.2, -0.15) is 8.42 Å². The van der Waals surface area contributed by atoms with Crippen molar-refractivity contribution >= 4 is 77.1 Å². The lowest BCUT2D eigenvalue weighted by atomic mass is 10.2. The Bertz CT molecular complexity index is 555. The van der Waals surface area contributed by atoms with Crippen LogP contribution in [0.15, 0.2) is 23.4 Å². The zero-order valence-electron chi connectivity index (χ0n) is 8.28. The average Bonchev–Trinajstić information content (AvgIpc) is 2.26. The van der Waals surface area contributed by atoms with Crippen LogP contribution in [0.25, 0.3) is 0 Å². The van der Waals surface area contributed by atoms with Gasteiger partial charge in [0, 0.05) is 5.56 Å². The fourth-order valence-corrected chi connectivity index (χ4v) is 2.70. The normalized spacial score (nSPS) is 12.9. The zero-order chi connectivity index (χ0) is 13.9. The Balaban J connectivity index is 3.05. The number of benzene rings is 1. The highest BCUT2D eigenvalue weighted by Crippen LogP contribution is 2.27. The summed E-state index contributed by atoms with van der Waals surface area (Å²) in [6, 6.07) is 4.74. The SMILES string of the molecule is O=S(=O)(O/N=C(/Br)c1c(Cl)cccc1Cl)C(Cl)Cl. The number of alkyl halides is 2. The molecule has 0 unspecified atom stereocenters. The van der Waals surface area contributed by atoms with E-state index in [9.17, 15) is 8.42 Å². The van der Waals surface area contributed by atoms with Gasteiger partial charge >= 0.3 is 10.1 Å². The van der Waals surface area contributed by atoms with Crippen LogP contribution in [0.5, 0.6) is 0 Å². The number of oxime groups is 1. The molecule has 1 aromatic carbocycles. The molecule has 0 atom stereocenters. The molecular formula is C8H4BrCl4NO3S. The van der Waals surface area contributed by atoms with E-state index in [0.717, 1.165) is 0 Å². The topological polar surface area (TPSA) is 55.7 Å². The second-order valence-corrected chi connectivity index (χ2v) is 7.59. The second kappa shape index (κ2) is 6.63. The Morgan fingerprint density at radius 1 is 1.28 bits per heavy atom. The highest BCUT2D eigenvalue weighted by Gasteiger charge is 2.23. The van der Waals surface area contributed by atoms with Gasteiger partial charge in [-0.15, -0.1) is 0 Å². The fraction of sp³-hybridized carbons (Fsp3) is 0.125. The van der Waals surface area contributed by atoms with Gasteiger partial charge in [0.25, 0.3) is 0 Å². The number of hydrogen-bond donors (Lipinski definition) is 0. The fourth-order valence-electron chi connectivity index (χ4n) is 0.858. The van der Waals surface area contributed by atoms with E-state index >= 15 is 0 Å². The van der Waals surface area contributed by atoms with Crippen LogP contribution in [0.1, 0.15) is 5.56 Å². The van der Waals surface area contributed by atoms with E-state index in [1.54, 1.807) is 18.2 Å². The third-order valence-corrected chi connectivity index (χ3v) is 4.81. The van der Waals surface area contributed by atoms with Gasteiger partial charge < -0.3 is 0 Å². The van der Waals surface area contributed by atoms with Crippen LogP contribution in [-0.4, -0.2) is 17.2 Å². The molecule has 1 aromatic rings. The molecule has 1 rings (SSSR count). The molecule has 0 radical (unpaired) electrons. The summed E-state index contributed by atoms with van der Waals surface area (Å²) in [5, 5.41) is 3.86. The maximum atomic E-state index is 11.2. The van der Waals surface area contributed by atoms with E-state index in [-0.39, 0.29) is 20.2 Å². The number of hydrogen-bond acceptors (Lipinski definition) is 4. The third kappa shape index (κ3) is 4.15. The predicted molar refractivity (Wildman–Crippen MR) is 77.4 cm³/mol. The molecule has 0 aromatic heterocycles. The molecule has 0 aliphatic carbocycles. The summed E-state index contributed by atoms with van der Waals surface area (Å²) in [6.07, 6.45) is 0. The molecular weight excluding hydrogens is 412 g/mol. The van der Waals surface area contributed by atoms with Crippen molar-refractivity contribution in [1.82, 2.24) is 0 Å². The number of rotatable bonds is 4. The lowest BCUT2D eigenvalue weighted by molar-refractivity contribution is 0.342. The van der Waals surface area contributed by atoms with Crippen molar-refractivity contribution < 1.29 is 12.7 Å². The Hall–Kier alpha value is 0.280. The summed E-state index contributed by atoms with van der Waals surface area (Å²) in [5.41, 5.74) is 0.289. The first-order valence-electron chi connectivity index (χ1n) is 4.14. The van der Waals surface area contributed by atoms with Crippen molar-refractivity contribution in [2.45, 2.75) is 4.17 Å². The quantitative estimate of drug-likeness (QED) is 0.421. The summed E-state index contributed by atoms with van der Waals surface area (Å²) in [5.74, 6) is 0. The highest BCUT2D eigenvalue weighted by molar-refractivity contribution is 9.18. The van der Waals surface area contributed by atoms with E-state index in [2.05, 4.69) is 25.4 Å². The number of nitrogens with zero attached hydrogens (tertiary/aromatic N) is 1. The maximum absolute atomic E-state index is 11.2. The summed E-state index contributed by atoms with van der Waals surface area (Å²) in [4.78, 5) is 0. The first-order chi connectivity index (χ1) is 8.25. The molecule has 0 amide bonds. The standard InChI is InChI=1S/C8H4BrCl4NO3S/c9-7(14-17-18(15,16)8(12)13)6-4(10)2-1-3-5(6)11/h1-3,8H/b14-7+. The first-order valence-corrected chi connectivity index (χ1v) is 8.03. The second-order valence-electron chi connectivity index (χ2n) is 2.81. The molecule has 0 aliphatic rings. The van der Waals surface area contributed by atoms with Crippen LogP contribution in [0.3, 0.4) is 0 Å². The van der Waals surface area contributed by atoms with Crippen molar-refractivity contribution in [2.75, 3.05) is 0 Å². The highest BCUT2D eigenvalue weighted by atomic mass is 79.9. The Morgan fingerprint density at radius 3 is 2.22 bits per heavy atom. The lowest BCUT2D eigenvalue weighted by Crippen LogP contribution is -2.11. The van der Waals surface area contributed by atoms with Gasteiger partial charge in [0.05, 0.1) is 10.0 Å². The van der Waals surface area contributed by atoms with E-state index in [1.807, 2.05) is 0 Å². The van der Waals surface area contributed by atoms with E-state index in [1.165, 1.54) is 0 Å². The van der Waals surface area contributed by atoms with Crippen molar-refractivity contribution in [2.24, 2.45) is 5.16 Å². The van der Waals surface area contributed by atoms with Gasteiger partial charge in [0.2, 0.25) is 4.17 Å². The molecule has 0 spiro atoms. The molecule has 10 heteroatoms. The minimum atomic E-state index is -4.20. The molecule has 0 saturated heterocycles. The largest absolute Gasteiger partial charge is 0.360 e. The van der Waals surface area contributed by atoms with E-state index < -0.39 is 14.3 Å². The molecule has 0 saturated carbocycles. The van der Waals surface area contributed by atoms with Crippen molar-refractivity contribution in [3.8, 4) is 0 Å². The van der Waals surface area contributed by atoms with Crippen LogP contribution in [0.4, 0.5) is 0 Å². The summed E-state index contributed by atoms with van der Waals surface area (Å²) >= 11 is 25.1. The molecule has 4 nitrogen and oxygen atoms in total. The molecule has 0 heterocycles. The van der Waals surface area contributed by atoms with Crippen molar-refractivity contribution in [3.63, 3.8) is 0 Å². The van der Waals surface area contributed by atoms with Crippen molar-refractivity contribution in [3.05, 3.63) is 33.8 Å². The lowest BCUT2D eigenvalue weighted by Gasteiger charge is -2.05. The Kier molecular flexibility index (Phi) is 6.02. The van der Waals surface area contributed by atoms with E-state index in [0.29, 0.717) is 0 Å². The summed E-state index contributed by atoms with van der Waals surface area (Å²) in [7, 11) is -4.20.